The number of benzene rings is 1. The molecule has 106 valence electrons. The molecule has 1 saturated carbocycles. The molecule has 6 heteroatoms. The minimum absolute atomic E-state index is 0.0336. The lowest BCUT2D eigenvalue weighted by Gasteiger charge is -2.30. The number of anilines is 1. The van der Waals surface area contributed by atoms with Crippen molar-refractivity contribution >= 4 is 27.5 Å². The number of nitrogens with two attached hydrogens (primary N) is 1. The van der Waals surface area contributed by atoms with Gasteiger partial charge in [0.05, 0.1) is 4.90 Å². The van der Waals surface area contributed by atoms with Gasteiger partial charge in [-0.3, -0.25) is 0 Å². The van der Waals surface area contributed by atoms with Crippen molar-refractivity contribution in [2.24, 2.45) is 0 Å². The molecule has 0 amide bonds. The molecule has 2 unspecified atom stereocenters. The fraction of sp³-hybridized carbons (Fsp3) is 0.538. The molecule has 1 aromatic rings. The minimum Gasteiger partial charge on any atom is -0.399 e. The first kappa shape index (κ1) is 14.7. The molecule has 0 heterocycles. The van der Waals surface area contributed by atoms with Crippen molar-refractivity contribution in [3.05, 3.63) is 24.3 Å². The second-order valence-electron chi connectivity index (χ2n) is 4.86. The van der Waals surface area contributed by atoms with Gasteiger partial charge in [-0.2, -0.15) is 11.8 Å². The Balaban J connectivity index is 2.14. The van der Waals surface area contributed by atoms with Crippen LogP contribution >= 0.6 is 11.8 Å². The Morgan fingerprint density at radius 2 is 1.84 bits per heavy atom. The monoisotopic (exact) mass is 300 g/mol. The normalized spacial score (nSPS) is 24.3. The molecule has 2 rings (SSSR count). The van der Waals surface area contributed by atoms with Gasteiger partial charge in [0.15, 0.2) is 0 Å². The van der Waals surface area contributed by atoms with Crippen molar-refractivity contribution < 1.29 is 8.42 Å². The summed E-state index contributed by atoms with van der Waals surface area (Å²) >= 11 is 1.75. The highest BCUT2D eigenvalue weighted by atomic mass is 32.2. The molecule has 2 atom stereocenters. The minimum atomic E-state index is -3.44. The number of hydrogen-bond acceptors (Lipinski definition) is 4. The number of rotatable bonds is 4. The number of nitrogen functional groups attached to an aromatic ring is 1. The van der Waals surface area contributed by atoms with E-state index in [1.807, 2.05) is 6.26 Å². The summed E-state index contributed by atoms with van der Waals surface area (Å²) < 4.78 is 27.5. The molecule has 4 nitrogen and oxygen atoms in total. The van der Waals surface area contributed by atoms with Gasteiger partial charge in [0, 0.05) is 17.0 Å². The predicted octanol–water partition coefficient (Wildman–Crippen LogP) is 2.22. The zero-order chi connectivity index (χ0) is 13.9. The molecule has 1 aliphatic rings. The lowest BCUT2D eigenvalue weighted by Crippen LogP contribution is -2.43. The van der Waals surface area contributed by atoms with Crippen molar-refractivity contribution in [1.82, 2.24) is 4.72 Å². The quantitative estimate of drug-likeness (QED) is 0.836. The maximum Gasteiger partial charge on any atom is 0.240 e. The van der Waals surface area contributed by atoms with Crippen LogP contribution in [0.5, 0.6) is 0 Å². The Bertz CT molecular complexity index is 514. The lowest BCUT2D eigenvalue weighted by molar-refractivity contribution is 0.423. The van der Waals surface area contributed by atoms with Crippen LogP contribution < -0.4 is 10.5 Å². The van der Waals surface area contributed by atoms with Crippen molar-refractivity contribution in [1.29, 1.82) is 0 Å². The van der Waals surface area contributed by atoms with Crippen LogP contribution in [0.2, 0.25) is 0 Å². The molecule has 0 aromatic heterocycles. The number of thioether (sulfide) groups is 1. The van der Waals surface area contributed by atoms with Gasteiger partial charge in [0.2, 0.25) is 10.0 Å². The van der Waals surface area contributed by atoms with E-state index in [0.717, 1.165) is 19.3 Å². The van der Waals surface area contributed by atoms with Gasteiger partial charge in [-0.1, -0.05) is 12.8 Å². The Hall–Kier alpha value is -0.720. The smallest absolute Gasteiger partial charge is 0.240 e. The Morgan fingerprint density at radius 1 is 1.21 bits per heavy atom. The summed E-state index contributed by atoms with van der Waals surface area (Å²) in [6.07, 6.45) is 6.31. The third-order valence-electron chi connectivity index (χ3n) is 3.50. The van der Waals surface area contributed by atoms with E-state index >= 15 is 0 Å². The average molecular weight is 300 g/mol. The van der Waals surface area contributed by atoms with Crippen LogP contribution in [0.3, 0.4) is 0 Å². The molecule has 0 spiro atoms. The summed E-state index contributed by atoms with van der Waals surface area (Å²) in [5, 5.41) is 0.373. The SMILES string of the molecule is CSC1CCCCC1NS(=O)(=O)c1ccc(N)cc1. The van der Waals surface area contributed by atoms with Gasteiger partial charge in [-0.15, -0.1) is 0 Å². The van der Waals surface area contributed by atoms with E-state index in [4.69, 9.17) is 5.73 Å². The van der Waals surface area contributed by atoms with Crippen LogP contribution in [0.15, 0.2) is 29.2 Å². The van der Waals surface area contributed by atoms with Crippen LogP contribution in [-0.4, -0.2) is 26.0 Å². The van der Waals surface area contributed by atoms with Crippen LogP contribution in [0.25, 0.3) is 0 Å². The van der Waals surface area contributed by atoms with Crippen molar-refractivity contribution in [2.45, 2.75) is 41.9 Å². The fourth-order valence-corrected chi connectivity index (χ4v) is 4.76. The lowest BCUT2D eigenvalue weighted by atomic mass is 9.96. The second-order valence-corrected chi connectivity index (χ2v) is 7.65. The summed E-state index contributed by atoms with van der Waals surface area (Å²) in [6, 6.07) is 6.36. The molecule has 0 aliphatic heterocycles. The van der Waals surface area contributed by atoms with Gasteiger partial charge in [-0.25, -0.2) is 13.1 Å². The van der Waals surface area contributed by atoms with E-state index < -0.39 is 10.0 Å². The third kappa shape index (κ3) is 3.64. The largest absolute Gasteiger partial charge is 0.399 e. The summed E-state index contributed by atoms with van der Waals surface area (Å²) in [6.45, 7) is 0. The summed E-state index contributed by atoms with van der Waals surface area (Å²) in [5.41, 5.74) is 6.15. The Labute approximate surface area is 119 Å². The molecular formula is C13H20N2O2S2. The van der Waals surface area contributed by atoms with Crippen molar-refractivity contribution in [3.8, 4) is 0 Å². The topological polar surface area (TPSA) is 72.2 Å². The maximum atomic E-state index is 12.3. The Kier molecular flexibility index (Phi) is 4.76. The molecule has 19 heavy (non-hydrogen) atoms. The van der Waals surface area contributed by atoms with Crippen molar-refractivity contribution in [3.63, 3.8) is 0 Å². The molecular weight excluding hydrogens is 280 g/mol. The molecule has 0 radical (unpaired) electrons. The average Bonchev–Trinajstić information content (AvgIpc) is 2.39. The molecule has 1 fully saturated rings. The second kappa shape index (κ2) is 6.15. The number of nitrogens with one attached hydrogen (secondary N) is 1. The highest BCUT2D eigenvalue weighted by Gasteiger charge is 2.28. The fourth-order valence-electron chi connectivity index (χ4n) is 2.43. The van der Waals surface area contributed by atoms with Crippen LogP contribution in [0.1, 0.15) is 25.7 Å². The summed E-state index contributed by atoms with van der Waals surface area (Å²) in [4.78, 5) is 0.284. The molecule has 1 aliphatic carbocycles. The molecule has 3 N–H and O–H groups in total. The molecule has 0 saturated heterocycles. The first-order chi connectivity index (χ1) is 9.03. The van der Waals surface area contributed by atoms with Gasteiger partial charge in [-0.05, 0) is 43.4 Å². The Morgan fingerprint density at radius 3 is 2.47 bits per heavy atom. The van der Waals surface area contributed by atoms with Gasteiger partial charge in [0.25, 0.3) is 0 Å². The van der Waals surface area contributed by atoms with E-state index in [2.05, 4.69) is 4.72 Å². The summed E-state index contributed by atoms with van der Waals surface area (Å²) in [7, 11) is -3.44. The van der Waals surface area contributed by atoms with Crippen LogP contribution in [-0.2, 0) is 10.0 Å². The van der Waals surface area contributed by atoms with E-state index in [0.29, 0.717) is 10.9 Å². The summed E-state index contributed by atoms with van der Waals surface area (Å²) in [5.74, 6) is 0. The highest BCUT2D eigenvalue weighted by Crippen LogP contribution is 2.28. The maximum absolute atomic E-state index is 12.3. The zero-order valence-electron chi connectivity index (χ0n) is 11.0. The van der Waals surface area contributed by atoms with Crippen molar-refractivity contribution in [2.75, 3.05) is 12.0 Å². The van der Waals surface area contributed by atoms with E-state index in [1.54, 1.807) is 36.0 Å². The number of sulfonamides is 1. The van der Waals surface area contributed by atoms with E-state index in [9.17, 15) is 8.42 Å². The standard InChI is InChI=1S/C13H20N2O2S2/c1-18-13-5-3-2-4-12(13)15-19(16,17)11-8-6-10(14)7-9-11/h6-9,12-13,15H,2-5,14H2,1H3. The van der Waals surface area contributed by atoms with E-state index in [1.165, 1.54) is 6.42 Å². The van der Waals surface area contributed by atoms with Gasteiger partial charge in [0.1, 0.15) is 0 Å². The van der Waals surface area contributed by atoms with Gasteiger partial charge >= 0.3 is 0 Å². The van der Waals surface area contributed by atoms with Crippen LogP contribution in [0.4, 0.5) is 5.69 Å². The first-order valence-electron chi connectivity index (χ1n) is 6.43. The predicted molar refractivity (Wildman–Crippen MR) is 80.7 cm³/mol. The molecule has 0 bridgehead atoms. The molecule has 1 aromatic carbocycles. The van der Waals surface area contributed by atoms with E-state index in [-0.39, 0.29) is 10.9 Å². The first-order valence-corrected chi connectivity index (χ1v) is 9.21. The zero-order valence-corrected chi connectivity index (χ0v) is 12.6. The third-order valence-corrected chi connectivity index (χ3v) is 6.18. The van der Waals surface area contributed by atoms with Crippen LogP contribution in [0, 0.1) is 0 Å². The number of hydrogen-bond donors (Lipinski definition) is 2. The highest BCUT2D eigenvalue weighted by molar-refractivity contribution is 7.99. The van der Waals surface area contributed by atoms with Gasteiger partial charge < -0.3 is 5.73 Å².